The Morgan fingerprint density at radius 3 is 2.12 bits per heavy atom. The van der Waals surface area contributed by atoms with E-state index < -0.39 is 0 Å². The van der Waals surface area contributed by atoms with E-state index in [1.165, 1.54) is 0 Å². The molecule has 138 valence electrons. The molecule has 2 aromatic rings. The highest BCUT2D eigenvalue weighted by Crippen LogP contribution is 2.22. The van der Waals surface area contributed by atoms with Gasteiger partial charge in [0.2, 0.25) is 0 Å². The Hall–Kier alpha value is -2.63. The summed E-state index contributed by atoms with van der Waals surface area (Å²) in [7, 11) is 0. The Balaban J connectivity index is 1.68. The molecule has 3 heterocycles. The molecule has 0 aromatic carbocycles. The third kappa shape index (κ3) is 3.36. The summed E-state index contributed by atoms with van der Waals surface area (Å²) in [6.07, 6.45) is 1.62. The molecule has 0 radical (unpaired) electrons. The van der Waals surface area contributed by atoms with Crippen molar-refractivity contribution in [1.29, 1.82) is 0 Å². The Kier molecular flexibility index (Phi) is 5.11. The van der Waals surface area contributed by atoms with Crippen molar-refractivity contribution >= 4 is 11.8 Å². The summed E-state index contributed by atoms with van der Waals surface area (Å²) in [5, 5.41) is 0. The number of aromatic nitrogens is 2. The monoisotopic (exact) mass is 354 g/mol. The van der Waals surface area contributed by atoms with Crippen LogP contribution in [0.2, 0.25) is 0 Å². The van der Waals surface area contributed by atoms with Gasteiger partial charge < -0.3 is 14.4 Å². The molecular formula is C20H26N4O2. The Morgan fingerprint density at radius 1 is 1.00 bits per heavy atom. The van der Waals surface area contributed by atoms with Gasteiger partial charge in [-0.2, -0.15) is 0 Å². The molecular weight excluding hydrogens is 328 g/mol. The molecule has 1 aliphatic heterocycles. The first-order valence-electron chi connectivity index (χ1n) is 9.08. The fourth-order valence-electron chi connectivity index (χ4n) is 3.72. The van der Waals surface area contributed by atoms with Crippen LogP contribution in [0.5, 0.6) is 0 Å². The molecule has 0 atom stereocenters. The molecule has 26 heavy (non-hydrogen) atoms. The molecule has 6 nitrogen and oxygen atoms in total. The van der Waals surface area contributed by atoms with Gasteiger partial charge in [-0.25, -0.2) is 0 Å². The molecule has 1 fully saturated rings. The van der Waals surface area contributed by atoms with Gasteiger partial charge >= 0.3 is 0 Å². The van der Waals surface area contributed by atoms with Crippen LogP contribution in [0.3, 0.4) is 0 Å². The van der Waals surface area contributed by atoms with Crippen LogP contribution in [-0.2, 0) is 0 Å². The zero-order valence-corrected chi connectivity index (χ0v) is 15.9. The number of rotatable bonds is 3. The third-order valence-corrected chi connectivity index (χ3v) is 4.97. The summed E-state index contributed by atoms with van der Waals surface area (Å²) < 4.78 is 2.19. The minimum atomic E-state index is -0.0734. The summed E-state index contributed by atoms with van der Waals surface area (Å²) in [5.74, 6) is -0.0226. The highest BCUT2D eigenvalue weighted by molar-refractivity contribution is 5.96. The van der Waals surface area contributed by atoms with E-state index in [4.69, 9.17) is 0 Å². The number of pyridine rings is 1. The molecule has 3 rings (SSSR count). The highest BCUT2D eigenvalue weighted by Gasteiger charge is 2.28. The van der Waals surface area contributed by atoms with Crippen LogP contribution in [0, 0.1) is 13.8 Å². The van der Waals surface area contributed by atoms with Crippen molar-refractivity contribution < 1.29 is 9.59 Å². The molecule has 0 saturated carbocycles. The summed E-state index contributed by atoms with van der Waals surface area (Å²) >= 11 is 0. The van der Waals surface area contributed by atoms with E-state index in [2.05, 4.69) is 23.4 Å². The molecule has 2 aromatic heterocycles. The van der Waals surface area contributed by atoms with Crippen molar-refractivity contribution in [3.8, 4) is 0 Å². The maximum atomic E-state index is 13.0. The first-order chi connectivity index (χ1) is 12.4. The van der Waals surface area contributed by atoms with Gasteiger partial charge in [0.1, 0.15) is 5.69 Å². The fraction of sp³-hybridized carbons (Fsp3) is 0.450. The van der Waals surface area contributed by atoms with Gasteiger partial charge in [0.15, 0.2) is 0 Å². The van der Waals surface area contributed by atoms with Crippen LogP contribution in [0.25, 0.3) is 0 Å². The normalized spacial score (nSPS) is 14.8. The fourth-order valence-corrected chi connectivity index (χ4v) is 3.72. The number of piperazine rings is 1. The SMILES string of the molecule is Cc1cc(C(=O)N2CCN(C(=O)c3ccccn3)CC2)c(C)n1C(C)C. The number of hydrogen-bond donors (Lipinski definition) is 0. The summed E-state index contributed by atoms with van der Waals surface area (Å²) in [6, 6.07) is 7.62. The predicted molar refractivity (Wildman–Crippen MR) is 100 cm³/mol. The topological polar surface area (TPSA) is 58.4 Å². The summed E-state index contributed by atoms with van der Waals surface area (Å²) in [4.78, 5) is 33.2. The molecule has 0 bridgehead atoms. The van der Waals surface area contributed by atoms with Gasteiger partial charge in [0, 0.05) is 49.8 Å². The number of hydrogen-bond acceptors (Lipinski definition) is 3. The molecule has 0 N–H and O–H groups in total. The first-order valence-corrected chi connectivity index (χ1v) is 9.08. The van der Waals surface area contributed by atoms with Crippen molar-refractivity contribution in [3.63, 3.8) is 0 Å². The maximum absolute atomic E-state index is 13.0. The lowest BCUT2D eigenvalue weighted by Crippen LogP contribution is -2.50. The van der Waals surface area contributed by atoms with Crippen molar-refractivity contribution in [1.82, 2.24) is 19.4 Å². The van der Waals surface area contributed by atoms with Crippen molar-refractivity contribution in [2.75, 3.05) is 26.2 Å². The Morgan fingerprint density at radius 2 is 1.62 bits per heavy atom. The quantitative estimate of drug-likeness (QED) is 0.851. The average Bonchev–Trinajstić information content (AvgIpc) is 2.95. The van der Waals surface area contributed by atoms with E-state index in [0.29, 0.717) is 37.9 Å². The smallest absolute Gasteiger partial charge is 0.272 e. The Bertz CT molecular complexity index is 803. The van der Waals surface area contributed by atoms with Gasteiger partial charge in [0.05, 0.1) is 5.56 Å². The molecule has 0 spiro atoms. The van der Waals surface area contributed by atoms with Crippen LogP contribution in [-0.4, -0.2) is 57.3 Å². The number of carbonyl (C=O) groups excluding carboxylic acids is 2. The van der Waals surface area contributed by atoms with Gasteiger partial charge in [-0.05, 0) is 45.9 Å². The van der Waals surface area contributed by atoms with Gasteiger partial charge in [-0.1, -0.05) is 6.07 Å². The Labute approximate surface area is 154 Å². The number of carbonyl (C=O) groups is 2. The van der Waals surface area contributed by atoms with E-state index in [-0.39, 0.29) is 11.8 Å². The van der Waals surface area contributed by atoms with E-state index in [9.17, 15) is 9.59 Å². The highest BCUT2D eigenvalue weighted by atomic mass is 16.2. The minimum absolute atomic E-state index is 0.0509. The second-order valence-electron chi connectivity index (χ2n) is 7.05. The molecule has 6 heteroatoms. The van der Waals surface area contributed by atoms with Crippen LogP contribution in [0.4, 0.5) is 0 Å². The summed E-state index contributed by atoms with van der Waals surface area (Å²) in [5.41, 5.74) is 3.33. The van der Waals surface area contributed by atoms with E-state index >= 15 is 0 Å². The maximum Gasteiger partial charge on any atom is 0.272 e. The first kappa shape index (κ1) is 18.2. The number of nitrogens with zero attached hydrogens (tertiary/aromatic N) is 4. The second-order valence-corrected chi connectivity index (χ2v) is 7.05. The molecule has 0 unspecified atom stereocenters. The van der Waals surface area contributed by atoms with Crippen LogP contribution < -0.4 is 0 Å². The number of aryl methyl sites for hydroxylation is 1. The zero-order valence-electron chi connectivity index (χ0n) is 15.9. The molecule has 2 amide bonds. The second kappa shape index (κ2) is 7.32. The zero-order chi connectivity index (χ0) is 18.8. The predicted octanol–water partition coefficient (Wildman–Crippen LogP) is 2.68. The van der Waals surface area contributed by atoms with Gasteiger partial charge in [-0.15, -0.1) is 0 Å². The van der Waals surface area contributed by atoms with Gasteiger partial charge in [-0.3, -0.25) is 14.6 Å². The van der Waals surface area contributed by atoms with Crippen LogP contribution in [0.1, 0.15) is 52.1 Å². The third-order valence-electron chi connectivity index (χ3n) is 4.97. The molecule has 1 aliphatic rings. The van der Waals surface area contributed by atoms with E-state index in [1.807, 2.05) is 30.9 Å². The van der Waals surface area contributed by atoms with Gasteiger partial charge in [0.25, 0.3) is 11.8 Å². The van der Waals surface area contributed by atoms with Crippen molar-refractivity contribution in [3.05, 3.63) is 53.1 Å². The minimum Gasteiger partial charge on any atom is -0.346 e. The lowest BCUT2D eigenvalue weighted by molar-refractivity contribution is 0.0532. The molecule has 1 saturated heterocycles. The standard InChI is InChI=1S/C20H26N4O2/c1-14(2)24-15(3)13-17(16(24)4)19(25)22-9-11-23(12-10-22)20(26)18-7-5-6-8-21-18/h5-8,13-14H,9-12H2,1-4H3. The molecule has 0 aliphatic carbocycles. The summed E-state index contributed by atoms with van der Waals surface area (Å²) in [6.45, 7) is 10.4. The van der Waals surface area contributed by atoms with Crippen LogP contribution >= 0.6 is 0 Å². The van der Waals surface area contributed by atoms with Crippen LogP contribution in [0.15, 0.2) is 30.5 Å². The lowest BCUT2D eigenvalue weighted by atomic mass is 10.2. The number of amides is 2. The van der Waals surface area contributed by atoms with E-state index in [1.54, 1.807) is 23.2 Å². The van der Waals surface area contributed by atoms with E-state index in [0.717, 1.165) is 17.0 Å². The van der Waals surface area contributed by atoms with Crippen molar-refractivity contribution in [2.24, 2.45) is 0 Å². The lowest BCUT2D eigenvalue weighted by Gasteiger charge is -2.34. The largest absolute Gasteiger partial charge is 0.346 e. The average molecular weight is 354 g/mol. The van der Waals surface area contributed by atoms with Crippen molar-refractivity contribution in [2.45, 2.75) is 33.7 Å².